The van der Waals surface area contributed by atoms with Crippen molar-refractivity contribution in [2.24, 2.45) is 0 Å². The Bertz CT molecular complexity index is 735. The first-order chi connectivity index (χ1) is 11.0. The molecular formula is C17H19NO4S. The minimum absolute atomic E-state index is 0.0460. The van der Waals surface area contributed by atoms with Gasteiger partial charge in [0.25, 0.3) is 5.91 Å². The van der Waals surface area contributed by atoms with Crippen LogP contribution in [0.5, 0.6) is 0 Å². The predicted octanol–water partition coefficient (Wildman–Crippen LogP) is 3.50. The number of carbonyl (C=O) groups is 2. The van der Waals surface area contributed by atoms with Crippen molar-refractivity contribution >= 4 is 23.2 Å². The van der Waals surface area contributed by atoms with Gasteiger partial charge in [0, 0.05) is 11.9 Å². The number of carbonyl (C=O) groups excluding carboxylic acids is 1. The third kappa shape index (κ3) is 3.17. The minimum atomic E-state index is -1.02. The maximum atomic E-state index is 12.6. The highest BCUT2D eigenvalue weighted by atomic mass is 32.1. The zero-order chi connectivity index (χ0) is 16.6. The van der Waals surface area contributed by atoms with E-state index in [1.807, 2.05) is 6.07 Å². The van der Waals surface area contributed by atoms with Crippen LogP contribution in [0.4, 0.5) is 0 Å². The van der Waals surface area contributed by atoms with Gasteiger partial charge in [-0.15, -0.1) is 11.3 Å². The van der Waals surface area contributed by atoms with Gasteiger partial charge in [-0.3, -0.25) is 4.79 Å². The summed E-state index contributed by atoms with van der Waals surface area (Å²) in [5, 5.41) is 9.05. The lowest BCUT2D eigenvalue weighted by atomic mass is 9.99. The van der Waals surface area contributed by atoms with Crippen LogP contribution in [0.25, 0.3) is 0 Å². The maximum Gasteiger partial charge on any atom is 0.339 e. The van der Waals surface area contributed by atoms with Crippen molar-refractivity contribution < 1.29 is 19.1 Å². The summed E-state index contributed by atoms with van der Waals surface area (Å²) in [6.45, 7) is 1.87. The van der Waals surface area contributed by atoms with Gasteiger partial charge in [-0.05, 0) is 50.3 Å². The molecule has 1 amide bonds. The molecule has 1 aliphatic rings. The van der Waals surface area contributed by atoms with Gasteiger partial charge in [-0.25, -0.2) is 4.79 Å². The molecular weight excluding hydrogens is 314 g/mol. The van der Waals surface area contributed by atoms with Gasteiger partial charge in [-0.2, -0.15) is 0 Å². The molecule has 0 saturated carbocycles. The molecule has 122 valence electrons. The fourth-order valence-corrected chi connectivity index (χ4v) is 4.17. The number of carboxylic acids is 1. The number of nitrogens with zero attached hydrogens (tertiary/aromatic N) is 1. The minimum Gasteiger partial charge on any atom is -0.478 e. The Morgan fingerprint density at radius 2 is 2.04 bits per heavy atom. The van der Waals surface area contributed by atoms with Gasteiger partial charge in [0.05, 0.1) is 11.4 Å². The Balaban J connectivity index is 1.73. The fraction of sp³-hybridized carbons (Fsp3) is 0.412. The fourth-order valence-electron chi connectivity index (χ4n) is 2.92. The highest BCUT2D eigenvalue weighted by molar-refractivity contribution is 7.14. The summed E-state index contributed by atoms with van der Waals surface area (Å²) in [6, 6.07) is 3.49. The zero-order valence-electron chi connectivity index (χ0n) is 13.2. The molecule has 0 spiro atoms. The summed E-state index contributed by atoms with van der Waals surface area (Å²) < 4.78 is 5.44. The highest BCUT2D eigenvalue weighted by Crippen LogP contribution is 2.30. The highest BCUT2D eigenvalue weighted by Gasteiger charge is 2.21. The summed E-state index contributed by atoms with van der Waals surface area (Å²) >= 11 is 1.58. The Labute approximate surface area is 138 Å². The quantitative estimate of drug-likeness (QED) is 0.929. The lowest BCUT2D eigenvalue weighted by Gasteiger charge is -2.14. The largest absolute Gasteiger partial charge is 0.478 e. The summed E-state index contributed by atoms with van der Waals surface area (Å²) in [6.07, 6.45) is 4.51. The van der Waals surface area contributed by atoms with E-state index in [4.69, 9.17) is 9.52 Å². The molecule has 0 fully saturated rings. The average molecular weight is 333 g/mol. The van der Waals surface area contributed by atoms with Crippen LogP contribution in [-0.2, 0) is 19.4 Å². The van der Waals surface area contributed by atoms with E-state index in [1.165, 1.54) is 29.3 Å². The van der Waals surface area contributed by atoms with Crippen LogP contribution in [0.15, 0.2) is 16.5 Å². The van der Waals surface area contributed by atoms with Crippen molar-refractivity contribution in [3.8, 4) is 0 Å². The number of rotatable bonds is 4. The molecule has 2 heterocycles. The lowest BCUT2D eigenvalue weighted by molar-refractivity contribution is 0.0694. The number of furan rings is 1. The topological polar surface area (TPSA) is 70.8 Å². The van der Waals surface area contributed by atoms with E-state index >= 15 is 0 Å². The lowest BCUT2D eigenvalue weighted by Crippen LogP contribution is -2.25. The Morgan fingerprint density at radius 1 is 1.30 bits per heavy atom. The van der Waals surface area contributed by atoms with E-state index in [1.54, 1.807) is 30.2 Å². The number of hydrogen-bond acceptors (Lipinski definition) is 4. The molecule has 0 saturated heterocycles. The van der Waals surface area contributed by atoms with E-state index < -0.39 is 5.97 Å². The summed E-state index contributed by atoms with van der Waals surface area (Å²) in [7, 11) is 1.71. The van der Waals surface area contributed by atoms with Gasteiger partial charge in [0.1, 0.15) is 17.1 Å². The number of thiophene rings is 1. The molecule has 23 heavy (non-hydrogen) atoms. The van der Waals surface area contributed by atoms with Crippen molar-refractivity contribution in [1.82, 2.24) is 4.90 Å². The van der Waals surface area contributed by atoms with Crippen molar-refractivity contribution in [1.29, 1.82) is 0 Å². The first-order valence-electron chi connectivity index (χ1n) is 7.65. The number of aromatic carboxylic acids is 1. The van der Waals surface area contributed by atoms with E-state index in [0.29, 0.717) is 11.5 Å². The third-order valence-corrected chi connectivity index (χ3v) is 5.37. The summed E-state index contributed by atoms with van der Waals surface area (Å²) in [4.78, 5) is 27.3. The number of amides is 1. The van der Waals surface area contributed by atoms with Gasteiger partial charge >= 0.3 is 5.97 Å². The van der Waals surface area contributed by atoms with E-state index in [0.717, 1.165) is 17.7 Å². The number of hydrogen-bond donors (Lipinski definition) is 1. The first-order valence-corrected chi connectivity index (χ1v) is 8.47. The number of fused-ring (bicyclic) bond motifs is 1. The molecule has 0 bridgehead atoms. The Kier molecular flexibility index (Phi) is 4.26. The van der Waals surface area contributed by atoms with Crippen LogP contribution in [0.2, 0.25) is 0 Å². The Hall–Kier alpha value is -2.08. The van der Waals surface area contributed by atoms with Crippen LogP contribution in [-0.4, -0.2) is 28.9 Å². The maximum absolute atomic E-state index is 12.6. The molecule has 0 aliphatic heterocycles. The van der Waals surface area contributed by atoms with Crippen molar-refractivity contribution in [2.75, 3.05) is 7.05 Å². The van der Waals surface area contributed by atoms with Crippen molar-refractivity contribution in [3.05, 3.63) is 44.5 Å². The van der Waals surface area contributed by atoms with Crippen LogP contribution in [0.1, 0.15) is 54.8 Å². The van der Waals surface area contributed by atoms with E-state index in [-0.39, 0.29) is 18.0 Å². The zero-order valence-corrected chi connectivity index (χ0v) is 14.0. The standard InChI is InChI=1S/C17H19NO4S/c1-10-13(17(20)21)8-12(22-10)9-18(2)16(19)15-7-11-5-3-4-6-14(11)23-15/h7-8H,3-6,9H2,1-2H3,(H,20,21). The predicted molar refractivity (Wildman–Crippen MR) is 87.2 cm³/mol. The van der Waals surface area contributed by atoms with Crippen LogP contribution < -0.4 is 0 Å². The SMILES string of the molecule is Cc1oc(CN(C)C(=O)c2cc3c(s2)CCCC3)cc1C(=O)O. The van der Waals surface area contributed by atoms with Gasteiger partial charge in [0.2, 0.25) is 0 Å². The third-order valence-electron chi connectivity index (χ3n) is 4.15. The number of aryl methyl sites for hydroxylation is 3. The van der Waals surface area contributed by atoms with Crippen LogP contribution >= 0.6 is 11.3 Å². The molecule has 5 nitrogen and oxygen atoms in total. The average Bonchev–Trinajstić information content (AvgIpc) is 3.09. The van der Waals surface area contributed by atoms with Gasteiger partial charge in [0.15, 0.2) is 0 Å². The first kappa shape index (κ1) is 15.8. The van der Waals surface area contributed by atoms with E-state index in [9.17, 15) is 9.59 Å². The molecule has 3 rings (SSSR count). The van der Waals surface area contributed by atoms with Crippen LogP contribution in [0, 0.1) is 6.92 Å². The number of carboxylic acid groups (broad SMARTS) is 1. The summed E-state index contributed by atoms with van der Waals surface area (Å²) in [5.41, 5.74) is 1.45. The molecule has 1 aliphatic carbocycles. The monoisotopic (exact) mass is 333 g/mol. The molecule has 1 N–H and O–H groups in total. The molecule has 2 aromatic heterocycles. The van der Waals surface area contributed by atoms with Gasteiger partial charge < -0.3 is 14.4 Å². The Morgan fingerprint density at radius 3 is 2.70 bits per heavy atom. The molecule has 0 aromatic carbocycles. The second-order valence-corrected chi connectivity index (χ2v) is 7.05. The second kappa shape index (κ2) is 6.20. The van der Waals surface area contributed by atoms with Crippen molar-refractivity contribution in [2.45, 2.75) is 39.2 Å². The van der Waals surface area contributed by atoms with Gasteiger partial charge in [-0.1, -0.05) is 0 Å². The van der Waals surface area contributed by atoms with E-state index in [2.05, 4.69) is 0 Å². The molecule has 0 radical (unpaired) electrons. The second-order valence-electron chi connectivity index (χ2n) is 5.92. The van der Waals surface area contributed by atoms with Crippen molar-refractivity contribution in [3.63, 3.8) is 0 Å². The summed E-state index contributed by atoms with van der Waals surface area (Å²) in [5.74, 6) is -0.218. The molecule has 2 aromatic rings. The smallest absolute Gasteiger partial charge is 0.339 e. The molecule has 0 unspecified atom stereocenters. The molecule has 6 heteroatoms. The van der Waals surface area contributed by atoms with Crippen LogP contribution in [0.3, 0.4) is 0 Å². The molecule has 0 atom stereocenters. The normalized spacial score (nSPS) is 13.7.